The molecular weight excluding hydrogens is 294 g/mol. The van der Waals surface area contributed by atoms with Gasteiger partial charge in [0.05, 0.1) is 17.1 Å². The fourth-order valence-electron chi connectivity index (χ4n) is 2.22. The Balaban J connectivity index is 1.74. The molecular formula is C15H17N7O. The van der Waals surface area contributed by atoms with E-state index >= 15 is 0 Å². The minimum Gasteiger partial charge on any atom is -0.308 e. The number of amides is 2. The lowest BCUT2D eigenvalue weighted by molar-refractivity contribution is 0.262. The van der Waals surface area contributed by atoms with Crippen molar-refractivity contribution in [3.8, 4) is 11.4 Å². The normalized spacial score (nSPS) is 10.6. The molecule has 0 aliphatic carbocycles. The molecule has 3 aromatic rings. The average molecular weight is 311 g/mol. The molecule has 1 aromatic carbocycles. The molecule has 3 rings (SSSR count). The van der Waals surface area contributed by atoms with Crippen LogP contribution >= 0.6 is 0 Å². The van der Waals surface area contributed by atoms with Crippen LogP contribution in [0.3, 0.4) is 0 Å². The van der Waals surface area contributed by atoms with Crippen LogP contribution in [0.5, 0.6) is 0 Å². The number of nitrogens with one attached hydrogen (secondary N) is 3. The van der Waals surface area contributed by atoms with Gasteiger partial charge in [-0.2, -0.15) is 10.2 Å². The SMILES string of the molecule is Cc1n[nH]c(C)c1NC(=O)Nc1cccc(-c2ncn(C)n2)c1. The third kappa shape index (κ3) is 3.20. The van der Waals surface area contributed by atoms with E-state index in [-0.39, 0.29) is 6.03 Å². The minimum atomic E-state index is -0.330. The number of aryl methyl sites for hydroxylation is 3. The van der Waals surface area contributed by atoms with Crippen molar-refractivity contribution in [3.05, 3.63) is 42.0 Å². The van der Waals surface area contributed by atoms with E-state index in [1.807, 2.05) is 39.1 Å². The fraction of sp³-hybridized carbons (Fsp3) is 0.200. The Labute approximate surface area is 132 Å². The van der Waals surface area contributed by atoms with Gasteiger partial charge in [-0.05, 0) is 26.0 Å². The second-order valence-electron chi connectivity index (χ2n) is 5.21. The Morgan fingerprint density at radius 2 is 2.09 bits per heavy atom. The Kier molecular flexibility index (Phi) is 3.80. The second kappa shape index (κ2) is 5.91. The van der Waals surface area contributed by atoms with Crippen LogP contribution in [-0.2, 0) is 7.05 Å². The van der Waals surface area contributed by atoms with Gasteiger partial charge in [0, 0.05) is 18.3 Å². The van der Waals surface area contributed by atoms with Crippen LogP contribution in [0.2, 0.25) is 0 Å². The van der Waals surface area contributed by atoms with Crippen molar-refractivity contribution in [2.45, 2.75) is 13.8 Å². The summed E-state index contributed by atoms with van der Waals surface area (Å²) >= 11 is 0. The van der Waals surface area contributed by atoms with Crippen LogP contribution in [-0.4, -0.2) is 31.0 Å². The number of hydrogen-bond donors (Lipinski definition) is 3. The number of nitrogens with zero attached hydrogens (tertiary/aromatic N) is 4. The molecule has 0 fully saturated rings. The Morgan fingerprint density at radius 1 is 1.26 bits per heavy atom. The largest absolute Gasteiger partial charge is 0.323 e. The zero-order chi connectivity index (χ0) is 16.4. The number of carbonyl (C=O) groups excluding carboxylic acids is 1. The molecule has 8 nitrogen and oxygen atoms in total. The smallest absolute Gasteiger partial charge is 0.308 e. The fourth-order valence-corrected chi connectivity index (χ4v) is 2.22. The van der Waals surface area contributed by atoms with Crippen LogP contribution in [0.15, 0.2) is 30.6 Å². The monoisotopic (exact) mass is 311 g/mol. The number of benzene rings is 1. The second-order valence-corrected chi connectivity index (χ2v) is 5.21. The van der Waals surface area contributed by atoms with Crippen molar-refractivity contribution in [2.75, 3.05) is 10.6 Å². The van der Waals surface area contributed by atoms with Crippen LogP contribution in [0.4, 0.5) is 16.2 Å². The molecule has 0 saturated carbocycles. The Bertz CT molecular complexity index is 830. The predicted octanol–water partition coefficient (Wildman–Crippen LogP) is 2.47. The molecule has 0 atom stereocenters. The maximum Gasteiger partial charge on any atom is 0.323 e. The number of anilines is 2. The first-order chi connectivity index (χ1) is 11.0. The lowest BCUT2D eigenvalue weighted by Gasteiger charge is -2.08. The van der Waals surface area contributed by atoms with Crippen molar-refractivity contribution in [2.24, 2.45) is 7.05 Å². The zero-order valence-corrected chi connectivity index (χ0v) is 13.1. The first kappa shape index (κ1) is 14.8. The van der Waals surface area contributed by atoms with Gasteiger partial charge < -0.3 is 10.6 Å². The minimum absolute atomic E-state index is 0.330. The lowest BCUT2D eigenvalue weighted by atomic mass is 10.2. The summed E-state index contributed by atoms with van der Waals surface area (Å²) in [5, 5.41) is 16.7. The maximum atomic E-state index is 12.1. The van der Waals surface area contributed by atoms with Gasteiger partial charge >= 0.3 is 6.03 Å². The summed E-state index contributed by atoms with van der Waals surface area (Å²) < 4.78 is 1.63. The zero-order valence-electron chi connectivity index (χ0n) is 13.1. The highest BCUT2D eigenvalue weighted by atomic mass is 16.2. The summed E-state index contributed by atoms with van der Waals surface area (Å²) in [5.74, 6) is 0.609. The third-order valence-corrected chi connectivity index (χ3v) is 3.34. The van der Waals surface area contributed by atoms with Gasteiger partial charge in [-0.1, -0.05) is 12.1 Å². The summed E-state index contributed by atoms with van der Waals surface area (Å²) in [6.45, 7) is 3.68. The van der Waals surface area contributed by atoms with Crippen molar-refractivity contribution in [1.29, 1.82) is 0 Å². The van der Waals surface area contributed by atoms with E-state index < -0.39 is 0 Å². The quantitative estimate of drug-likeness (QED) is 0.691. The highest BCUT2D eigenvalue weighted by Gasteiger charge is 2.11. The van der Waals surface area contributed by atoms with Gasteiger partial charge in [0.25, 0.3) is 0 Å². The third-order valence-electron chi connectivity index (χ3n) is 3.34. The van der Waals surface area contributed by atoms with Crippen LogP contribution in [0.1, 0.15) is 11.4 Å². The van der Waals surface area contributed by atoms with Crippen LogP contribution in [0.25, 0.3) is 11.4 Å². The van der Waals surface area contributed by atoms with Gasteiger partial charge in [-0.3, -0.25) is 9.78 Å². The molecule has 0 unspecified atom stereocenters. The molecule has 118 valence electrons. The van der Waals surface area contributed by atoms with E-state index in [1.54, 1.807) is 17.1 Å². The average Bonchev–Trinajstić information content (AvgIpc) is 3.08. The Morgan fingerprint density at radius 3 is 2.74 bits per heavy atom. The molecule has 8 heteroatoms. The first-order valence-corrected chi connectivity index (χ1v) is 7.08. The van der Waals surface area contributed by atoms with Gasteiger partial charge in [0.1, 0.15) is 6.33 Å². The molecule has 2 heterocycles. The van der Waals surface area contributed by atoms with Gasteiger partial charge in [-0.15, -0.1) is 0 Å². The summed E-state index contributed by atoms with van der Waals surface area (Å²) in [5.41, 5.74) is 3.73. The molecule has 23 heavy (non-hydrogen) atoms. The highest BCUT2D eigenvalue weighted by molar-refractivity contribution is 6.00. The molecule has 0 bridgehead atoms. The molecule has 2 aromatic heterocycles. The standard InChI is InChI=1S/C15H17N7O/c1-9-13(10(2)20-19-9)18-15(23)17-12-6-4-5-11(7-12)14-16-8-22(3)21-14/h4-8H,1-3H3,(H,19,20)(H2,17,18,23). The van der Waals surface area contributed by atoms with E-state index in [9.17, 15) is 4.79 Å². The molecule has 0 radical (unpaired) electrons. The lowest BCUT2D eigenvalue weighted by Crippen LogP contribution is -2.20. The molecule has 0 aliphatic heterocycles. The number of aromatic amines is 1. The van der Waals surface area contributed by atoms with Crippen molar-refractivity contribution in [3.63, 3.8) is 0 Å². The number of rotatable bonds is 3. The van der Waals surface area contributed by atoms with E-state index in [1.165, 1.54) is 0 Å². The van der Waals surface area contributed by atoms with Crippen molar-refractivity contribution >= 4 is 17.4 Å². The van der Waals surface area contributed by atoms with Crippen LogP contribution in [0, 0.1) is 13.8 Å². The summed E-state index contributed by atoms with van der Waals surface area (Å²) in [4.78, 5) is 16.3. The van der Waals surface area contributed by atoms with Crippen molar-refractivity contribution < 1.29 is 4.79 Å². The molecule has 3 N–H and O–H groups in total. The van der Waals surface area contributed by atoms with E-state index in [4.69, 9.17) is 0 Å². The number of H-pyrrole nitrogens is 1. The summed E-state index contributed by atoms with van der Waals surface area (Å²) in [6.07, 6.45) is 1.63. The Hall–Kier alpha value is -3.16. The van der Waals surface area contributed by atoms with Crippen molar-refractivity contribution in [1.82, 2.24) is 25.0 Å². The van der Waals surface area contributed by atoms with E-state index in [0.717, 1.165) is 17.0 Å². The number of aromatic nitrogens is 5. The highest BCUT2D eigenvalue weighted by Crippen LogP contribution is 2.20. The summed E-state index contributed by atoms with van der Waals surface area (Å²) in [6, 6.07) is 7.03. The topological polar surface area (TPSA) is 101 Å². The molecule has 0 spiro atoms. The molecule has 0 saturated heterocycles. The van der Waals surface area contributed by atoms with E-state index in [2.05, 4.69) is 30.9 Å². The number of hydrogen-bond acceptors (Lipinski definition) is 4. The van der Waals surface area contributed by atoms with Gasteiger partial charge in [0.15, 0.2) is 5.82 Å². The first-order valence-electron chi connectivity index (χ1n) is 7.08. The maximum absolute atomic E-state index is 12.1. The van der Waals surface area contributed by atoms with Crippen LogP contribution < -0.4 is 10.6 Å². The van der Waals surface area contributed by atoms with Gasteiger partial charge in [0.2, 0.25) is 0 Å². The number of urea groups is 1. The molecule has 0 aliphatic rings. The predicted molar refractivity (Wildman–Crippen MR) is 87.1 cm³/mol. The summed E-state index contributed by atoms with van der Waals surface area (Å²) in [7, 11) is 1.81. The van der Waals surface area contributed by atoms with Gasteiger partial charge in [-0.25, -0.2) is 9.78 Å². The number of carbonyl (C=O) groups is 1. The van der Waals surface area contributed by atoms with E-state index in [0.29, 0.717) is 17.2 Å². The molecule has 2 amide bonds.